The monoisotopic (exact) mass is 362 g/mol. The molecular weight excluding hydrogens is 348 g/mol. The van der Waals surface area contributed by atoms with Gasteiger partial charge < -0.3 is 4.57 Å². The zero-order chi connectivity index (χ0) is 17.2. The van der Waals surface area contributed by atoms with Crippen LogP contribution in [-0.2, 0) is 10.0 Å². The van der Waals surface area contributed by atoms with Gasteiger partial charge in [0.2, 0.25) is 10.0 Å². The van der Waals surface area contributed by atoms with E-state index in [1.165, 1.54) is 18.3 Å². The highest BCUT2D eigenvalue weighted by atomic mass is 35.5. The quantitative estimate of drug-likeness (QED) is 0.708. The third-order valence-corrected chi connectivity index (χ3v) is 5.29. The van der Waals surface area contributed by atoms with Crippen molar-refractivity contribution in [3.8, 4) is 5.69 Å². The topological polar surface area (TPSA) is 76.9 Å². The molecule has 6 nitrogen and oxygen atoms in total. The molecule has 0 aliphatic rings. The summed E-state index contributed by atoms with van der Waals surface area (Å²) in [5, 5.41) is 0.247. The van der Waals surface area contributed by atoms with Gasteiger partial charge in [-0.3, -0.25) is 0 Å². The lowest BCUT2D eigenvalue weighted by molar-refractivity contribution is 0.566. The van der Waals surface area contributed by atoms with Gasteiger partial charge in [-0.15, -0.1) is 0 Å². The molecule has 0 spiro atoms. The molecule has 0 saturated heterocycles. The summed E-state index contributed by atoms with van der Waals surface area (Å²) in [7, 11) is -3.66. The number of benzene rings is 1. The molecule has 2 heterocycles. The molecule has 24 heavy (non-hydrogen) atoms. The minimum absolute atomic E-state index is 0.0776. The van der Waals surface area contributed by atoms with Gasteiger partial charge in [-0.1, -0.05) is 23.7 Å². The first-order valence-electron chi connectivity index (χ1n) is 7.18. The van der Waals surface area contributed by atoms with E-state index < -0.39 is 10.0 Å². The standard InChI is InChI=1S/C16H15ClN4O2S/c1-12(20-24(22,23)15-6-7-16(17)19-10-15)13-2-4-14(5-3-13)21-9-8-18-11-21/h2-12,20H,1H3. The Kier molecular flexibility index (Phi) is 4.66. The number of aromatic nitrogens is 3. The molecule has 3 aromatic rings. The Morgan fingerprint density at radius 3 is 2.50 bits per heavy atom. The van der Waals surface area contributed by atoms with Crippen LogP contribution in [0.15, 0.2) is 66.2 Å². The fourth-order valence-corrected chi connectivity index (χ4v) is 3.53. The summed E-state index contributed by atoms with van der Waals surface area (Å²) in [6, 6.07) is 10.1. The van der Waals surface area contributed by atoms with Gasteiger partial charge in [-0.2, -0.15) is 0 Å². The second-order valence-corrected chi connectivity index (χ2v) is 7.32. The second kappa shape index (κ2) is 6.72. The normalized spacial score (nSPS) is 12.9. The first-order valence-corrected chi connectivity index (χ1v) is 9.04. The van der Waals surface area contributed by atoms with E-state index in [1.807, 2.05) is 35.0 Å². The van der Waals surface area contributed by atoms with E-state index in [2.05, 4.69) is 14.7 Å². The predicted octanol–water partition coefficient (Wildman–Crippen LogP) is 2.96. The minimum Gasteiger partial charge on any atom is -0.306 e. The number of hydrogen-bond donors (Lipinski definition) is 1. The summed E-state index contributed by atoms with van der Waals surface area (Å²) in [6.45, 7) is 1.78. The first kappa shape index (κ1) is 16.6. The van der Waals surface area contributed by atoms with Gasteiger partial charge in [0.25, 0.3) is 0 Å². The molecule has 1 aromatic carbocycles. The van der Waals surface area contributed by atoms with Crippen molar-refractivity contribution in [3.05, 3.63) is 72.0 Å². The molecule has 0 aliphatic heterocycles. The summed E-state index contributed by atoms with van der Waals surface area (Å²) in [5.74, 6) is 0. The number of rotatable bonds is 5. The lowest BCUT2D eigenvalue weighted by atomic mass is 10.1. The maximum absolute atomic E-state index is 12.4. The number of pyridine rings is 1. The molecule has 3 rings (SSSR count). The summed E-state index contributed by atoms with van der Waals surface area (Å²) in [6.07, 6.45) is 6.48. The number of sulfonamides is 1. The zero-order valence-electron chi connectivity index (χ0n) is 12.8. The van der Waals surface area contributed by atoms with Gasteiger partial charge in [0.1, 0.15) is 10.0 Å². The lowest BCUT2D eigenvalue weighted by Gasteiger charge is -2.15. The Morgan fingerprint density at radius 2 is 1.92 bits per heavy atom. The molecule has 0 radical (unpaired) electrons. The van der Waals surface area contributed by atoms with E-state index in [9.17, 15) is 8.42 Å². The Hall–Kier alpha value is -2.22. The predicted molar refractivity (Wildman–Crippen MR) is 91.5 cm³/mol. The van der Waals surface area contributed by atoms with Crippen molar-refractivity contribution in [3.63, 3.8) is 0 Å². The van der Waals surface area contributed by atoms with Gasteiger partial charge in [0, 0.05) is 30.3 Å². The molecule has 1 atom stereocenters. The van der Waals surface area contributed by atoms with Crippen LogP contribution in [0.3, 0.4) is 0 Å². The van der Waals surface area contributed by atoms with Crippen molar-refractivity contribution in [1.82, 2.24) is 19.3 Å². The van der Waals surface area contributed by atoms with Crippen LogP contribution in [-0.4, -0.2) is 23.0 Å². The van der Waals surface area contributed by atoms with Crippen LogP contribution in [0, 0.1) is 0 Å². The molecular formula is C16H15ClN4O2S. The van der Waals surface area contributed by atoms with Gasteiger partial charge in [0.05, 0.1) is 6.33 Å². The molecule has 1 unspecified atom stereocenters. The van der Waals surface area contributed by atoms with Crippen molar-refractivity contribution < 1.29 is 8.42 Å². The molecule has 0 aliphatic carbocycles. The number of imidazole rings is 1. The van der Waals surface area contributed by atoms with Crippen LogP contribution >= 0.6 is 11.6 Å². The van der Waals surface area contributed by atoms with Gasteiger partial charge >= 0.3 is 0 Å². The summed E-state index contributed by atoms with van der Waals surface area (Å²) in [4.78, 5) is 7.88. The van der Waals surface area contributed by atoms with Gasteiger partial charge in [-0.25, -0.2) is 23.1 Å². The molecule has 0 amide bonds. The summed E-state index contributed by atoms with van der Waals surface area (Å²) < 4.78 is 29.3. The van der Waals surface area contributed by atoms with E-state index in [0.29, 0.717) is 0 Å². The second-order valence-electron chi connectivity index (χ2n) is 5.22. The van der Waals surface area contributed by atoms with Crippen LogP contribution in [0.2, 0.25) is 5.15 Å². The highest BCUT2D eigenvalue weighted by molar-refractivity contribution is 7.89. The van der Waals surface area contributed by atoms with Crippen molar-refractivity contribution in [2.75, 3.05) is 0 Å². The van der Waals surface area contributed by atoms with Crippen molar-refractivity contribution in [2.45, 2.75) is 17.9 Å². The zero-order valence-corrected chi connectivity index (χ0v) is 14.4. The third kappa shape index (κ3) is 3.64. The molecule has 124 valence electrons. The fraction of sp³-hybridized carbons (Fsp3) is 0.125. The lowest BCUT2D eigenvalue weighted by Crippen LogP contribution is -2.27. The van der Waals surface area contributed by atoms with Crippen LogP contribution in [0.1, 0.15) is 18.5 Å². The van der Waals surface area contributed by atoms with Gasteiger partial charge in [0.15, 0.2) is 0 Å². The Balaban J connectivity index is 1.76. The van der Waals surface area contributed by atoms with Crippen LogP contribution < -0.4 is 4.72 Å². The molecule has 1 N–H and O–H groups in total. The van der Waals surface area contributed by atoms with Crippen LogP contribution in [0.5, 0.6) is 0 Å². The minimum atomic E-state index is -3.66. The molecule has 0 bridgehead atoms. The average molecular weight is 363 g/mol. The van der Waals surface area contributed by atoms with Gasteiger partial charge in [-0.05, 0) is 36.8 Å². The van der Waals surface area contributed by atoms with Crippen molar-refractivity contribution in [2.24, 2.45) is 0 Å². The number of halogens is 1. The third-order valence-electron chi connectivity index (χ3n) is 3.54. The Bertz CT molecular complexity index is 908. The number of nitrogens with zero attached hydrogens (tertiary/aromatic N) is 3. The molecule has 0 fully saturated rings. The maximum atomic E-state index is 12.4. The summed E-state index contributed by atoms with van der Waals surface area (Å²) in [5.41, 5.74) is 1.80. The van der Waals surface area contributed by atoms with Crippen molar-refractivity contribution in [1.29, 1.82) is 0 Å². The van der Waals surface area contributed by atoms with E-state index >= 15 is 0 Å². The fourth-order valence-electron chi connectivity index (χ4n) is 2.24. The highest BCUT2D eigenvalue weighted by Crippen LogP contribution is 2.19. The first-order chi connectivity index (χ1) is 11.5. The maximum Gasteiger partial charge on any atom is 0.242 e. The Labute approximate surface area is 145 Å². The van der Waals surface area contributed by atoms with E-state index in [-0.39, 0.29) is 16.1 Å². The largest absolute Gasteiger partial charge is 0.306 e. The van der Waals surface area contributed by atoms with Crippen LogP contribution in [0.25, 0.3) is 5.69 Å². The van der Waals surface area contributed by atoms with E-state index in [1.54, 1.807) is 19.4 Å². The van der Waals surface area contributed by atoms with Crippen molar-refractivity contribution >= 4 is 21.6 Å². The number of nitrogens with one attached hydrogen (secondary N) is 1. The highest BCUT2D eigenvalue weighted by Gasteiger charge is 2.18. The molecule has 8 heteroatoms. The summed E-state index contributed by atoms with van der Waals surface area (Å²) >= 11 is 5.69. The molecule has 0 saturated carbocycles. The van der Waals surface area contributed by atoms with E-state index in [4.69, 9.17) is 11.6 Å². The molecule has 2 aromatic heterocycles. The number of hydrogen-bond acceptors (Lipinski definition) is 4. The van der Waals surface area contributed by atoms with Crippen LogP contribution in [0.4, 0.5) is 0 Å². The smallest absolute Gasteiger partial charge is 0.242 e. The average Bonchev–Trinajstić information content (AvgIpc) is 3.09. The Morgan fingerprint density at radius 1 is 1.17 bits per heavy atom. The van der Waals surface area contributed by atoms with E-state index in [0.717, 1.165) is 11.3 Å². The SMILES string of the molecule is CC(NS(=O)(=O)c1ccc(Cl)nc1)c1ccc(-n2ccnc2)cc1.